The van der Waals surface area contributed by atoms with Gasteiger partial charge in [0.1, 0.15) is 17.2 Å². The van der Waals surface area contributed by atoms with Crippen molar-refractivity contribution in [2.24, 2.45) is 0 Å². The van der Waals surface area contributed by atoms with Crippen LogP contribution in [0.15, 0.2) is 60.1 Å². The Labute approximate surface area is 217 Å². The van der Waals surface area contributed by atoms with Crippen molar-refractivity contribution in [2.45, 2.75) is 32.4 Å². The molecule has 2 N–H and O–H groups in total. The van der Waals surface area contributed by atoms with Gasteiger partial charge in [-0.25, -0.2) is 9.97 Å². The maximum atomic E-state index is 13.2. The van der Waals surface area contributed by atoms with Crippen LogP contribution in [0.5, 0.6) is 17.4 Å². The summed E-state index contributed by atoms with van der Waals surface area (Å²) in [5.41, 5.74) is 2.91. The van der Waals surface area contributed by atoms with Crippen molar-refractivity contribution in [3.05, 3.63) is 82.5 Å². The van der Waals surface area contributed by atoms with Crippen LogP contribution in [0, 0.1) is 0 Å². The van der Waals surface area contributed by atoms with Crippen LogP contribution in [0.4, 0.5) is 29.7 Å². The van der Waals surface area contributed by atoms with Crippen molar-refractivity contribution in [2.75, 3.05) is 24.8 Å². The molecule has 0 radical (unpaired) electrons. The fraction of sp³-hybridized carbons (Fsp3) is 0.259. The van der Waals surface area contributed by atoms with Crippen LogP contribution < -0.4 is 20.1 Å². The SMILES string of the molecule is CNc1c(Cc2ccc(OC)cc2)cnc(Oc2ccccc2C(C)C)c1Nc1nc(C(F)(F)F)cs1. The highest BCUT2D eigenvalue weighted by atomic mass is 32.1. The van der Waals surface area contributed by atoms with Gasteiger partial charge >= 0.3 is 6.18 Å². The first-order valence-corrected chi connectivity index (χ1v) is 12.5. The van der Waals surface area contributed by atoms with Gasteiger partial charge in [-0.15, -0.1) is 11.3 Å². The van der Waals surface area contributed by atoms with Crippen molar-refractivity contribution in [1.29, 1.82) is 0 Å². The van der Waals surface area contributed by atoms with Crippen molar-refractivity contribution in [3.63, 3.8) is 0 Å². The van der Waals surface area contributed by atoms with Gasteiger partial charge in [0, 0.05) is 30.6 Å². The Balaban J connectivity index is 1.77. The number of para-hydroxylation sites is 1. The number of benzene rings is 2. The molecule has 0 atom stereocenters. The summed E-state index contributed by atoms with van der Waals surface area (Å²) in [5.74, 6) is 1.78. The lowest BCUT2D eigenvalue weighted by Crippen LogP contribution is -2.08. The number of hydrogen-bond acceptors (Lipinski definition) is 7. The van der Waals surface area contributed by atoms with E-state index in [1.165, 1.54) is 0 Å². The lowest BCUT2D eigenvalue weighted by Gasteiger charge is -2.20. The molecule has 0 amide bonds. The fourth-order valence-corrected chi connectivity index (χ4v) is 4.55. The maximum absolute atomic E-state index is 13.2. The molecule has 6 nitrogen and oxygen atoms in total. The van der Waals surface area contributed by atoms with E-state index in [1.807, 2.05) is 48.5 Å². The Morgan fingerprint density at radius 3 is 2.38 bits per heavy atom. The lowest BCUT2D eigenvalue weighted by atomic mass is 10.0. The van der Waals surface area contributed by atoms with Crippen LogP contribution in [-0.2, 0) is 12.6 Å². The molecule has 4 rings (SSSR count). The molecule has 4 aromatic rings. The minimum Gasteiger partial charge on any atom is -0.497 e. The number of nitrogens with zero attached hydrogens (tertiary/aromatic N) is 2. The number of ether oxygens (including phenoxy) is 2. The molecule has 0 unspecified atom stereocenters. The summed E-state index contributed by atoms with van der Waals surface area (Å²) < 4.78 is 51.1. The van der Waals surface area contributed by atoms with E-state index in [4.69, 9.17) is 9.47 Å². The Hall–Kier alpha value is -3.79. The first-order chi connectivity index (χ1) is 17.7. The highest BCUT2D eigenvalue weighted by Gasteiger charge is 2.34. The van der Waals surface area contributed by atoms with Crippen LogP contribution in [-0.4, -0.2) is 24.1 Å². The third kappa shape index (κ3) is 6.14. The second kappa shape index (κ2) is 11.1. The molecule has 0 aliphatic rings. The summed E-state index contributed by atoms with van der Waals surface area (Å²) in [6.07, 6.45) is -2.31. The van der Waals surface area contributed by atoms with Crippen molar-refractivity contribution >= 4 is 27.8 Å². The number of aromatic nitrogens is 2. The van der Waals surface area contributed by atoms with E-state index in [1.54, 1.807) is 20.4 Å². The number of methoxy groups -OCH3 is 1. The number of thiazole rings is 1. The van der Waals surface area contributed by atoms with E-state index in [2.05, 4.69) is 34.4 Å². The van der Waals surface area contributed by atoms with Gasteiger partial charge in [-0.1, -0.05) is 44.2 Å². The van der Waals surface area contributed by atoms with E-state index in [0.717, 1.165) is 39.2 Å². The van der Waals surface area contributed by atoms with Gasteiger partial charge in [-0.3, -0.25) is 0 Å². The summed E-state index contributed by atoms with van der Waals surface area (Å²) in [5, 5.41) is 7.27. The van der Waals surface area contributed by atoms with Crippen LogP contribution in [0.2, 0.25) is 0 Å². The minimum atomic E-state index is -4.54. The number of alkyl halides is 3. The number of anilines is 3. The van der Waals surface area contributed by atoms with E-state index in [9.17, 15) is 13.2 Å². The normalized spacial score (nSPS) is 11.5. The lowest BCUT2D eigenvalue weighted by molar-refractivity contribution is -0.140. The third-order valence-electron chi connectivity index (χ3n) is 5.70. The molecule has 0 aliphatic carbocycles. The summed E-state index contributed by atoms with van der Waals surface area (Å²) in [6, 6.07) is 15.2. The molecule has 0 fully saturated rings. The Kier molecular flexibility index (Phi) is 7.87. The predicted molar refractivity (Wildman–Crippen MR) is 141 cm³/mol. The zero-order chi connectivity index (χ0) is 26.6. The monoisotopic (exact) mass is 528 g/mol. The molecule has 0 saturated heterocycles. The average molecular weight is 529 g/mol. The fourth-order valence-electron chi connectivity index (χ4n) is 3.83. The number of hydrogen-bond donors (Lipinski definition) is 2. The van der Waals surface area contributed by atoms with Crippen LogP contribution >= 0.6 is 11.3 Å². The second-order valence-corrected chi connectivity index (χ2v) is 9.43. The molecule has 0 spiro atoms. The molecule has 2 heterocycles. The molecular formula is C27H27F3N4O2S. The smallest absolute Gasteiger partial charge is 0.434 e. The van der Waals surface area contributed by atoms with Gasteiger partial charge in [0.2, 0.25) is 5.88 Å². The molecule has 0 saturated carbocycles. The molecular weight excluding hydrogens is 501 g/mol. The number of pyridine rings is 1. The zero-order valence-corrected chi connectivity index (χ0v) is 21.6. The van der Waals surface area contributed by atoms with Gasteiger partial charge in [0.25, 0.3) is 0 Å². The van der Waals surface area contributed by atoms with E-state index >= 15 is 0 Å². The van der Waals surface area contributed by atoms with Gasteiger partial charge < -0.3 is 20.1 Å². The molecule has 2 aromatic carbocycles. The highest BCUT2D eigenvalue weighted by molar-refractivity contribution is 7.13. The third-order valence-corrected chi connectivity index (χ3v) is 6.46. The molecule has 194 valence electrons. The first-order valence-electron chi connectivity index (χ1n) is 11.6. The maximum Gasteiger partial charge on any atom is 0.434 e. The molecule has 37 heavy (non-hydrogen) atoms. The zero-order valence-electron chi connectivity index (χ0n) is 20.8. The summed E-state index contributed by atoms with van der Waals surface area (Å²) in [4.78, 5) is 8.31. The summed E-state index contributed by atoms with van der Waals surface area (Å²) >= 11 is 0.860. The molecule has 0 aliphatic heterocycles. The van der Waals surface area contributed by atoms with Crippen LogP contribution in [0.3, 0.4) is 0 Å². The Morgan fingerprint density at radius 2 is 1.76 bits per heavy atom. The van der Waals surface area contributed by atoms with Crippen molar-refractivity contribution in [3.8, 4) is 17.4 Å². The van der Waals surface area contributed by atoms with Gasteiger partial charge in [-0.2, -0.15) is 13.2 Å². The number of halogens is 3. The van der Waals surface area contributed by atoms with E-state index in [-0.39, 0.29) is 16.9 Å². The van der Waals surface area contributed by atoms with Crippen molar-refractivity contribution in [1.82, 2.24) is 9.97 Å². The summed E-state index contributed by atoms with van der Waals surface area (Å²) in [6.45, 7) is 4.11. The average Bonchev–Trinajstić information content (AvgIpc) is 3.36. The quantitative estimate of drug-likeness (QED) is 0.231. The summed E-state index contributed by atoms with van der Waals surface area (Å²) in [7, 11) is 3.35. The van der Waals surface area contributed by atoms with Gasteiger partial charge in [-0.05, 0) is 35.2 Å². The Morgan fingerprint density at radius 1 is 1.03 bits per heavy atom. The Bertz CT molecular complexity index is 1350. The largest absolute Gasteiger partial charge is 0.497 e. The molecule has 10 heteroatoms. The van der Waals surface area contributed by atoms with E-state index in [0.29, 0.717) is 23.5 Å². The van der Waals surface area contributed by atoms with Crippen LogP contribution in [0.25, 0.3) is 0 Å². The number of rotatable bonds is 9. The molecule has 0 bridgehead atoms. The molecule has 2 aromatic heterocycles. The predicted octanol–water partition coefficient (Wildman–Crippen LogP) is 7.86. The topological polar surface area (TPSA) is 68.3 Å². The second-order valence-electron chi connectivity index (χ2n) is 8.57. The highest BCUT2D eigenvalue weighted by Crippen LogP contribution is 2.42. The van der Waals surface area contributed by atoms with E-state index < -0.39 is 11.9 Å². The van der Waals surface area contributed by atoms with Gasteiger partial charge in [0.15, 0.2) is 10.8 Å². The van der Waals surface area contributed by atoms with Crippen molar-refractivity contribution < 1.29 is 22.6 Å². The number of nitrogens with one attached hydrogen (secondary N) is 2. The standard InChI is InChI=1S/C27H27F3N4O2S/c1-16(2)20-7-5-6-8-21(20)36-25-24(34-26-33-22(15-37-26)27(28,29)30)23(31-3)18(14-32-25)13-17-9-11-19(35-4)12-10-17/h5-12,14-16H,13H2,1-4H3,(H,31,32)(H,33,34). The minimum absolute atomic E-state index is 0.0780. The van der Waals surface area contributed by atoms with Crippen LogP contribution in [0.1, 0.15) is 42.1 Å². The first kappa shape index (κ1) is 26.3. The van der Waals surface area contributed by atoms with Gasteiger partial charge in [0.05, 0.1) is 12.8 Å².